The molecular weight excluding hydrogens is 904 g/mol. The number of rotatable bonds is 50. The third kappa shape index (κ3) is 49.6. The van der Waals surface area contributed by atoms with Crippen LogP contribution in [-0.2, 0) is 42.2 Å². The van der Waals surface area contributed by atoms with Crippen molar-refractivity contribution in [2.24, 2.45) is 0 Å². The summed E-state index contributed by atoms with van der Waals surface area (Å²) >= 11 is 0. The Morgan fingerprint density at radius 1 is 0.414 bits per heavy atom. The summed E-state index contributed by atoms with van der Waals surface area (Å²) in [6.45, 7) is 4.36. The van der Waals surface area contributed by atoms with Gasteiger partial charge in [-0.3, -0.25) is 23.4 Å². The molecule has 3 unspecified atom stereocenters. The van der Waals surface area contributed by atoms with Crippen LogP contribution >= 0.6 is 7.82 Å². The van der Waals surface area contributed by atoms with Crippen LogP contribution in [0.1, 0.15) is 226 Å². The number of ether oxygens (including phenoxy) is 3. The van der Waals surface area contributed by atoms with Crippen molar-refractivity contribution in [3.05, 3.63) is 85.1 Å². The monoisotopic (exact) mass is 1000 g/mol. The fourth-order valence-corrected chi connectivity index (χ4v) is 7.87. The molecule has 0 radical (unpaired) electrons. The van der Waals surface area contributed by atoms with Gasteiger partial charge in [0.05, 0.1) is 19.8 Å². The molecule has 402 valence electrons. The number of carbonyl (C=O) groups excluding carboxylic acids is 3. The highest BCUT2D eigenvalue weighted by Gasteiger charge is 2.28. The second kappa shape index (κ2) is 52.0. The number of esters is 3. The maximum Gasteiger partial charge on any atom is 0.472 e. The molecule has 3 atom stereocenters. The van der Waals surface area contributed by atoms with Gasteiger partial charge in [-0.1, -0.05) is 196 Å². The van der Waals surface area contributed by atoms with Gasteiger partial charge in [0.15, 0.2) is 6.10 Å². The molecule has 0 aliphatic rings. The van der Waals surface area contributed by atoms with E-state index in [1.807, 2.05) is 12.2 Å². The largest absolute Gasteiger partial charge is 0.472 e. The van der Waals surface area contributed by atoms with Crippen molar-refractivity contribution in [3.63, 3.8) is 0 Å². The Morgan fingerprint density at radius 3 is 1.26 bits per heavy atom. The fraction of sp³-hybridized carbons (Fsp3) is 0.707. The minimum Gasteiger partial charge on any atom is -0.462 e. The van der Waals surface area contributed by atoms with Crippen molar-refractivity contribution in [2.75, 3.05) is 26.4 Å². The maximum atomic E-state index is 12.9. The lowest BCUT2D eigenvalue weighted by molar-refractivity contribution is -0.161. The normalized spacial score (nSPS) is 14.1. The number of phosphoric ester groups is 1. The molecule has 11 nitrogen and oxygen atoms in total. The highest BCUT2D eigenvalue weighted by Crippen LogP contribution is 2.43. The number of aliphatic hydroxyl groups is 1. The van der Waals surface area contributed by atoms with Crippen molar-refractivity contribution < 1.29 is 52.2 Å². The van der Waals surface area contributed by atoms with Gasteiger partial charge in [0, 0.05) is 19.3 Å². The highest BCUT2D eigenvalue weighted by atomic mass is 31.2. The van der Waals surface area contributed by atoms with Crippen LogP contribution in [0.15, 0.2) is 85.1 Å². The molecule has 0 saturated heterocycles. The molecule has 0 fully saturated rings. The molecule has 0 aromatic heterocycles. The van der Waals surface area contributed by atoms with E-state index in [-0.39, 0.29) is 25.9 Å². The zero-order valence-electron chi connectivity index (χ0n) is 44.2. The van der Waals surface area contributed by atoms with Crippen LogP contribution < -0.4 is 0 Å². The fourth-order valence-electron chi connectivity index (χ4n) is 7.09. The summed E-state index contributed by atoms with van der Waals surface area (Å²) in [5.41, 5.74) is 0. The summed E-state index contributed by atoms with van der Waals surface area (Å²) in [6.07, 6.45) is 58.5. The minimum atomic E-state index is -4.76. The second-order valence-electron chi connectivity index (χ2n) is 18.0. The number of aliphatic hydroxyl groups excluding tert-OH is 1. The first-order valence-electron chi connectivity index (χ1n) is 27.5. The highest BCUT2D eigenvalue weighted by molar-refractivity contribution is 7.47. The van der Waals surface area contributed by atoms with Gasteiger partial charge in [-0.25, -0.2) is 4.57 Å². The van der Waals surface area contributed by atoms with Gasteiger partial charge in [-0.15, -0.1) is 0 Å². The lowest BCUT2D eigenvalue weighted by Crippen LogP contribution is -2.30. The summed E-state index contributed by atoms with van der Waals surface area (Å²) in [6, 6.07) is 0. The van der Waals surface area contributed by atoms with Crippen LogP contribution in [0.2, 0.25) is 0 Å². The van der Waals surface area contributed by atoms with Gasteiger partial charge < -0.3 is 24.2 Å². The number of hydrogen-bond donors (Lipinski definition) is 2. The van der Waals surface area contributed by atoms with E-state index in [1.165, 1.54) is 70.6 Å². The summed E-state index contributed by atoms with van der Waals surface area (Å²) in [4.78, 5) is 48.3. The van der Waals surface area contributed by atoms with Gasteiger partial charge in [0.25, 0.3) is 0 Å². The standard InChI is InChI=1S/C58H99O11P/c1-4-7-10-13-16-19-22-24-25-26-27-28-29-31-34-37-40-43-46-49-58(62)69-55(51-65-56(60)47-44-41-38-35-33-30-23-20-17-14-11-8-5-2)53-67-70(63,64)66-52-54(50-59)68-57(61)48-45-42-39-36-32-21-18-15-12-9-6-3/h8,11,15-20,24-25,30,33,38,41,54-55,59H,4-7,9-10,12-14,21-23,26-29,31-32,34-37,39-40,42-53H2,1-3H3,(H,63,64)/b11-8-,18-15-,19-16-,20-17-,25-24-,33-30-,41-38-. The third-order valence-corrected chi connectivity index (χ3v) is 12.2. The average Bonchev–Trinajstić information content (AvgIpc) is 3.35. The topological polar surface area (TPSA) is 155 Å². The van der Waals surface area contributed by atoms with Crippen molar-refractivity contribution in [2.45, 2.75) is 238 Å². The molecule has 0 aromatic carbocycles. The lowest BCUT2D eigenvalue weighted by Gasteiger charge is -2.21. The van der Waals surface area contributed by atoms with Gasteiger partial charge in [0.2, 0.25) is 0 Å². The first kappa shape index (κ1) is 66.7. The van der Waals surface area contributed by atoms with Crippen LogP contribution in [0.4, 0.5) is 0 Å². The predicted octanol–water partition coefficient (Wildman–Crippen LogP) is 15.9. The number of unbranched alkanes of at least 4 members (excludes halogenated alkanes) is 19. The quantitative estimate of drug-likeness (QED) is 0.0197. The first-order chi connectivity index (χ1) is 34.2. The van der Waals surface area contributed by atoms with E-state index in [2.05, 4.69) is 93.7 Å². The molecule has 0 heterocycles. The molecule has 0 spiro atoms. The summed E-state index contributed by atoms with van der Waals surface area (Å²) in [5.74, 6) is -1.58. The molecule has 0 rings (SSSR count). The van der Waals surface area contributed by atoms with Gasteiger partial charge in [-0.05, 0) is 96.3 Å². The smallest absolute Gasteiger partial charge is 0.462 e. The molecule has 0 amide bonds. The zero-order valence-corrected chi connectivity index (χ0v) is 45.1. The van der Waals surface area contributed by atoms with E-state index in [9.17, 15) is 28.9 Å². The molecule has 70 heavy (non-hydrogen) atoms. The van der Waals surface area contributed by atoms with Crippen LogP contribution in [-0.4, -0.2) is 66.5 Å². The lowest BCUT2D eigenvalue weighted by atomic mass is 10.1. The number of allylic oxidation sites excluding steroid dienone is 14. The Labute approximate surface area is 426 Å². The first-order valence-corrected chi connectivity index (χ1v) is 29.0. The Balaban J connectivity index is 4.80. The van der Waals surface area contributed by atoms with Crippen molar-refractivity contribution >= 4 is 25.7 Å². The second-order valence-corrected chi connectivity index (χ2v) is 19.5. The van der Waals surface area contributed by atoms with E-state index >= 15 is 0 Å². The molecule has 0 bridgehead atoms. The van der Waals surface area contributed by atoms with E-state index in [1.54, 1.807) is 0 Å². The van der Waals surface area contributed by atoms with Crippen molar-refractivity contribution in [3.8, 4) is 0 Å². The van der Waals surface area contributed by atoms with Crippen LogP contribution in [0.3, 0.4) is 0 Å². The summed E-state index contributed by atoms with van der Waals surface area (Å²) in [5, 5.41) is 9.77. The molecular formula is C58H99O11P. The maximum absolute atomic E-state index is 12.9. The number of carbonyl (C=O) groups is 3. The van der Waals surface area contributed by atoms with Gasteiger partial charge >= 0.3 is 25.7 Å². The van der Waals surface area contributed by atoms with Gasteiger partial charge in [0.1, 0.15) is 12.7 Å². The average molecular weight is 1000 g/mol. The summed E-state index contributed by atoms with van der Waals surface area (Å²) < 4.78 is 39.3. The third-order valence-electron chi connectivity index (χ3n) is 11.3. The van der Waals surface area contributed by atoms with Crippen LogP contribution in [0.25, 0.3) is 0 Å². The van der Waals surface area contributed by atoms with E-state index in [0.717, 1.165) is 96.3 Å². The molecule has 0 saturated carbocycles. The molecule has 12 heteroatoms. The Morgan fingerprint density at radius 2 is 0.786 bits per heavy atom. The molecule has 2 N–H and O–H groups in total. The number of phosphoric acid groups is 1. The van der Waals surface area contributed by atoms with E-state index in [0.29, 0.717) is 19.3 Å². The Bertz CT molecular complexity index is 1500. The Hall–Kier alpha value is -3.34. The van der Waals surface area contributed by atoms with Crippen LogP contribution in [0, 0.1) is 0 Å². The zero-order chi connectivity index (χ0) is 51.3. The van der Waals surface area contributed by atoms with Crippen LogP contribution in [0.5, 0.6) is 0 Å². The Kier molecular flexibility index (Phi) is 49.5. The van der Waals surface area contributed by atoms with Gasteiger partial charge in [-0.2, -0.15) is 0 Å². The minimum absolute atomic E-state index is 0.102. The van der Waals surface area contributed by atoms with E-state index < -0.39 is 57.8 Å². The number of hydrogen-bond acceptors (Lipinski definition) is 10. The van der Waals surface area contributed by atoms with E-state index in [4.69, 9.17) is 23.3 Å². The molecule has 0 aliphatic carbocycles. The SMILES string of the molecule is CC/C=C\C/C=C\C/C=C\C/C=C\CCC(=O)OCC(COP(=O)(O)OCC(CO)OC(=O)CCCCCCC/C=C\CCCC)OC(=O)CCCCCCCCCCC/C=C\C/C=C\CCCCC. The van der Waals surface area contributed by atoms with Crippen molar-refractivity contribution in [1.82, 2.24) is 0 Å². The summed E-state index contributed by atoms with van der Waals surface area (Å²) in [7, 11) is -4.76. The van der Waals surface area contributed by atoms with Crippen molar-refractivity contribution in [1.29, 1.82) is 0 Å². The predicted molar refractivity (Wildman–Crippen MR) is 288 cm³/mol. The molecule has 0 aromatic rings. The molecule has 0 aliphatic heterocycles.